The van der Waals surface area contributed by atoms with Gasteiger partial charge >= 0.3 is 0 Å². The number of furan rings is 1. The molecule has 4 rings (SSSR count). The van der Waals surface area contributed by atoms with E-state index in [4.69, 9.17) is 9.15 Å². The van der Waals surface area contributed by atoms with Crippen LogP contribution in [0.5, 0.6) is 5.75 Å². The van der Waals surface area contributed by atoms with Crippen LogP contribution in [0.15, 0.2) is 52.9 Å². The molecule has 2 aromatic carbocycles. The first-order chi connectivity index (χ1) is 13.6. The molecule has 0 spiro atoms. The molecule has 1 aliphatic rings. The van der Waals surface area contributed by atoms with Gasteiger partial charge in [-0.25, -0.2) is 0 Å². The molecule has 0 saturated carbocycles. The second kappa shape index (κ2) is 7.50. The summed E-state index contributed by atoms with van der Waals surface area (Å²) in [5.74, 6) is 1.12. The van der Waals surface area contributed by atoms with E-state index in [1.54, 1.807) is 12.0 Å². The highest BCUT2D eigenvalue weighted by molar-refractivity contribution is 6.00. The van der Waals surface area contributed by atoms with Crippen LogP contribution in [0.25, 0.3) is 11.0 Å². The van der Waals surface area contributed by atoms with Crippen LogP contribution in [-0.4, -0.2) is 36.8 Å². The highest BCUT2D eigenvalue weighted by Crippen LogP contribution is 2.30. The summed E-state index contributed by atoms with van der Waals surface area (Å²) in [6.45, 7) is 3.01. The Morgan fingerprint density at radius 3 is 2.46 bits per heavy atom. The number of likely N-dealkylation sites (tertiary alicyclic amines) is 1. The molecule has 1 fully saturated rings. The summed E-state index contributed by atoms with van der Waals surface area (Å²) in [5, 5.41) is 0.886. The molecule has 0 bridgehead atoms. The maximum absolute atomic E-state index is 13.0. The molecule has 0 radical (unpaired) electrons. The van der Waals surface area contributed by atoms with Crippen molar-refractivity contribution in [2.24, 2.45) is 5.92 Å². The molecule has 1 aliphatic heterocycles. The Labute approximate surface area is 163 Å². The number of nitrogens with zero attached hydrogens (tertiary/aromatic N) is 1. The average Bonchev–Trinajstić information content (AvgIpc) is 3.09. The third kappa shape index (κ3) is 3.28. The number of methoxy groups -OCH3 is 1. The van der Waals surface area contributed by atoms with Gasteiger partial charge in [0, 0.05) is 35.5 Å². The van der Waals surface area contributed by atoms with Gasteiger partial charge < -0.3 is 14.1 Å². The maximum Gasteiger partial charge on any atom is 0.289 e. The van der Waals surface area contributed by atoms with E-state index in [0.717, 1.165) is 22.3 Å². The Kier molecular flexibility index (Phi) is 4.90. The van der Waals surface area contributed by atoms with Crippen molar-refractivity contribution in [3.63, 3.8) is 0 Å². The fraction of sp³-hybridized carbons (Fsp3) is 0.304. The fourth-order valence-electron chi connectivity index (χ4n) is 3.86. The summed E-state index contributed by atoms with van der Waals surface area (Å²) in [5.41, 5.74) is 2.24. The van der Waals surface area contributed by atoms with Crippen LogP contribution in [0.2, 0.25) is 0 Å². The van der Waals surface area contributed by atoms with Crippen molar-refractivity contribution in [1.82, 2.24) is 4.90 Å². The molecule has 1 amide bonds. The summed E-state index contributed by atoms with van der Waals surface area (Å²) in [6, 6.07) is 14.9. The molecule has 5 heteroatoms. The molecule has 1 aromatic heterocycles. The molecule has 0 N–H and O–H groups in total. The zero-order valence-electron chi connectivity index (χ0n) is 16.1. The van der Waals surface area contributed by atoms with Gasteiger partial charge in [0.1, 0.15) is 11.3 Å². The maximum atomic E-state index is 13.0. The van der Waals surface area contributed by atoms with Gasteiger partial charge in [-0.2, -0.15) is 0 Å². The number of ketones is 1. The monoisotopic (exact) mass is 377 g/mol. The minimum atomic E-state index is -0.113. The molecule has 0 aliphatic carbocycles. The quantitative estimate of drug-likeness (QED) is 0.629. The number of hydrogen-bond donors (Lipinski definition) is 0. The number of hydrogen-bond acceptors (Lipinski definition) is 4. The van der Waals surface area contributed by atoms with Gasteiger partial charge in [0.2, 0.25) is 0 Å². The zero-order chi connectivity index (χ0) is 19.7. The van der Waals surface area contributed by atoms with Crippen molar-refractivity contribution in [2.75, 3.05) is 20.2 Å². The largest absolute Gasteiger partial charge is 0.497 e. The van der Waals surface area contributed by atoms with E-state index in [9.17, 15) is 9.59 Å². The molecular weight excluding hydrogens is 354 g/mol. The molecular formula is C23H23NO4. The Balaban J connectivity index is 1.48. The summed E-state index contributed by atoms with van der Waals surface area (Å²) < 4.78 is 11.1. The van der Waals surface area contributed by atoms with Crippen LogP contribution in [0.3, 0.4) is 0 Å². The van der Waals surface area contributed by atoms with Gasteiger partial charge in [0.15, 0.2) is 11.5 Å². The van der Waals surface area contributed by atoms with Crippen LogP contribution >= 0.6 is 0 Å². The summed E-state index contributed by atoms with van der Waals surface area (Å²) in [6.07, 6.45) is 1.35. The predicted octanol–water partition coefficient (Wildman–Crippen LogP) is 4.48. The number of aryl methyl sites for hydroxylation is 1. The molecule has 28 heavy (non-hydrogen) atoms. The van der Waals surface area contributed by atoms with Gasteiger partial charge in [-0.3, -0.25) is 9.59 Å². The van der Waals surface area contributed by atoms with E-state index in [-0.39, 0.29) is 17.6 Å². The topological polar surface area (TPSA) is 59.8 Å². The first-order valence-electron chi connectivity index (χ1n) is 9.54. The predicted molar refractivity (Wildman–Crippen MR) is 107 cm³/mol. The SMILES string of the molecule is COc1ccc2oc(C(=O)N3CCC(C(=O)c4ccccc4)CC3)c(C)c2c1. The minimum Gasteiger partial charge on any atom is -0.497 e. The molecule has 144 valence electrons. The summed E-state index contributed by atoms with van der Waals surface area (Å²) in [7, 11) is 1.61. The van der Waals surface area contributed by atoms with Crippen molar-refractivity contribution < 1.29 is 18.7 Å². The third-order valence-corrected chi connectivity index (χ3v) is 5.55. The second-order valence-corrected chi connectivity index (χ2v) is 7.22. The van der Waals surface area contributed by atoms with Crippen molar-refractivity contribution in [3.05, 3.63) is 65.4 Å². The number of fused-ring (bicyclic) bond motifs is 1. The number of carbonyl (C=O) groups excluding carboxylic acids is 2. The van der Waals surface area contributed by atoms with Gasteiger partial charge in [-0.05, 0) is 38.0 Å². The van der Waals surface area contributed by atoms with Gasteiger partial charge in [-0.15, -0.1) is 0 Å². The molecule has 2 heterocycles. The van der Waals surface area contributed by atoms with E-state index >= 15 is 0 Å². The Morgan fingerprint density at radius 1 is 1.07 bits per heavy atom. The lowest BCUT2D eigenvalue weighted by Gasteiger charge is -2.31. The first kappa shape index (κ1) is 18.3. The summed E-state index contributed by atoms with van der Waals surface area (Å²) in [4.78, 5) is 27.4. The Morgan fingerprint density at radius 2 is 1.79 bits per heavy atom. The van der Waals surface area contributed by atoms with Gasteiger partial charge in [0.25, 0.3) is 5.91 Å². The number of benzene rings is 2. The van der Waals surface area contributed by atoms with E-state index in [2.05, 4.69) is 0 Å². The smallest absolute Gasteiger partial charge is 0.289 e. The number of Topliss-reactive ketones (excluding diaryl/α,β-unsaturated/α-hetero) is 1. The lowest BCUT2D eigenvalue weighted by Crippen LogP contribution is -2.40. The number of rotatable bonds is 4. The molecule has 5 nitrogen and oxygen atoms in total. The van der Waals surface area contributed by atoms with Crippen molar-refractivity contribution in [1.29, 1.82) is 0 Å². The molecule has 0 unspecified atom stereocenters. The van der Waals surface area contributed by atoms with Crippen LogP contribution in [0, 0.1) is 12.8 Å². The standard InChI is InChI=1S/C23H23NO4/c1-15-19-14-18(27-2)8-9-20(19)28-22(15)23(26)24-12-10-17(11-13-24)21(25)16-6-4-3-5-7-16/h3-9,14,17H,10-13H2,1-2H3. The molecule has 0 atom stereocenters. The first-order valence-corrected chi connectivity index (χ1v) is 9.54. The van der Waals surface area contributed by atoms with Crippen molar-refractivity contribution in [3.8, 4) is 5.75 Å². The summed E-state index contributed by atoms with van der Waals surface area (Å²) >= 11 is 0. The number of piperidine rings is 1. The lowest BCUT2D eigenvalue weighted by molar-refractivity contribution is 0.0625. The van der Waals surface area contributed by atoms with Crippen molar-refractivity contribution in [2.45, 2.75) is 19.8 Å². The number of amides is 1. The van der Waals surface area contributed by atoms with Crippen LogP contribution in [0.4, 0.5) is 0 Å². The Bertz CT molecular complexity index is 1010. The number of ether oxygens (including phenoxy) is 1. The Hall–Kier alpha value is -3.08. The van der Waals surface area contributed by atoms with Gasteiger partial charge in [-0.1, -0.05) is 30.3 Å². The normalized spacial score (nSPS) is 15.0. The third-order valence-electron chi connectivity index (χ3n) is 5.55. The highest BCUT2D eigenvalue weighted by atomic mass is 16.5. The fourth-order valence-corrected chi connectivity index (χ4v) is 3.86. The van der Waals surface area contributed by atoms with Crippen LogP contribution < -0.4 is 4.74 Å². The van der Waals surface area contributed by atoms with E-state index < -0.39 is 0 Å². The van der Waals surface area contributed by atoms with Crippen LogP contribution in [0.1, 0.15) is 39.3 Å². The molecule has 1 saturated heterocycles. The van der Waals surface area contributed by atoms with Crippen molar-refractivity contribution >= 4 is 22.7 Å². The zero-order valence-corrected chi connectivity index (χ0v) is 16.1. The van der Waals surface area contributed by atoms with E-state index in [1.165, 1.54) is 0 Å². The minimum absolute atomic E-state index is 0.0347. The lowest BCUT2D eigenvalue weighted by atomic mass is 9.89. The van der Waals surface area contributed by atoms with Gasteiger partial charge in [0.05, 0.1) is 7.11 Å². The highest BCUT2D eigenvalue weighted by Gasteiger charge is 2.30. The number of carbonyl (C=O) groups is 2. The average molecular weight is 377 g/mol. The molecule has 3 aromatic rings. The van der Waals surface area contributed by atoms with Crippen LogP contribution in [-0.2, 0) is 0 Å². The van der Waals surface area contributed by atoms with E-state index in [0.29, 0.717) is 37.3 Å². The second-order valence-electron chi connectivity index (χ2n) is 7.22. The van der Waals surface area contributed by atoms with E-state index in [1.807, 2.05) is 55.5 Å².